The largest absolute Gasteiger partial charge is 0.459 e. The Bertz CT molecular complexity index is 561. The van der Waals surface area contributed by atoms with Gasteiger partial charge in [-0.1, -0.05) is 30.3 Å². The molecule has 1 aromatic heterocycles. The van der Waals surface area contributed by atoms with Gasteiger partial charge in [0.15, 0.2) is 5.76 Å². The maximum atomic E-state index is 12.1. The Morgan fingerprint density at radius 2 is 1.95 bits per heavy atom. The van der Waals surface area contributed by atoms with Gasteiger partial charge in [-0.2, -0.15) is 0 Å². The number of hydrogen-bond donors (Lipinski definition) is 1. The van der Waals surface area contributed by atoms with E-state index in [4.69, 9.17) is 4.42 Å². The lowest BCUT2D eigenvalue weighted by Gasteiger charge is -2.25. The SMILES string of the molecule is Cc1ccoc1C(=O)NCC(c1ccccc1)N(C)C. The van der Waals surface area contributed by atoms with Crippen LogP contribution in [-0.2, 0) is 0 Å². The normalized spacial score (nSPS) is 12.4. The number of benzene rings is 1. The zero-order chi connectivity index (χ0) is 14.5. The van der Waals surface area contributed by atoms with Gasteiger partial charge in [0.1, 0.15) is 0 Å². The number of amides is 1. The molecular formula is C16H20N2O2. The molecule has 106 valence electrons. The summed E-state index contributed by atoms with van der Waals surface area (Å²) in [7, 11) is 4.00. The Morgan fingerprint density at radius 1 is 1.25 bits per heavy atom. The number of rotatable bonds is 5. The van der Waals surface area contributed by atoms with Crippen molar-refractivity contribution in [2.75, 3.05) is 20.6 Å². The fourth-order valence-corrected chi connectivity index (χ4v) is 2.15. The Kier molecular flexibility index (Phi) is 4.58. The van der Waals surface area contributed by atoms with Gasteiger partial charge in [0, 0.05) is 12.1 Å². The molecule has 0 aliphatic heterocycles. The average molecular weight is 272 g/mol. The summed E-state index contributed by atoms with van der Waals surface area (Å²) in [6.45, 7) is 2.40. The summed E-state index contributed by atoms with van der Waals surface area (Å²) in [6.07, 6.45) is 1.53. The van der Waals surface area contributed by atoms with Gasteiger partial charge >= 0.3 is 0 Å². The second-order valence-corrected chi connectivity index (χ2v) is 5.03. The summed E-state index contributed by atoms with van der Waals surface area (Å²) in [5.74, 6) is 0.214. The number of nitrogens with zero attached hydrogens (tertiary/aromatic N) is 1. The van der Waals surface area contributed by atoms with Gasteiger partial charge < -0.3 is 14.6 Å². The number of hydrogen-bond acceptors (Lipinski definition) is 3. The lowest BCUT2D eigenvalue weighted by molar-refractivity contribution is 0.0913. The first-order chi connectivity index (χ1) is 9.59. The molecule has 0 spiro atoms. The molecule has 0 aliphatic carbocycles. The number of carbonyl (C=O) groups excluding carboxylic acids is 1. The zero-order valence-electron chi connectivity index (χ0n) is 12.1. The first-order valence-corrected chi connectivity index (χ1v) is 6.63. The van der Waals surface area contributed by atoms with Gasteiger partial charge in [0.2, 0.25) is 0 Å². The second-order valence-electron chi connectivity index (χ2n) is 5.03. The third-order valence-electron chi connectivity index (χ3n) is 3.33. The summed E-state index contributed by atoms with van der Waals surface area (Å²) in [6, 6.07) is 12.0. The Balaban J connectivity index is 2.04. The van der Waals surface area contributed by atoms with Crippen molar-refractivity contribution in [3.05, 3.63) is 59.5 Å². The maximum absolute atomic E-state index is 12.1. The summed E-state index contributed by atoms with van der Waals surface area (Å²) >= 11 is 0. The van der Waals surface area contributed by atoms with Crippen LogP contribution in [0.1, 0.15) is 27.7 Å². The Labute approximate surface area is 119 Å². The molecule has 1 aromatic carbocycles. The van der Waals surface area contributed by atoms with Crippen molar-refractivity contribution >= 4 is 5.91 Å². The first kappa shape index (κ1) is 14.3. The fraction of sp³-hybridized carbons (Fsp3) is 0.312. The predicted octanol–water partition coefficient (Wildman–Crippen LogP) is 2.62. The highest BCUT2D eigenvalue weighted by molar-refractivity contribution is 5.92. The van der Waals surface area contributed by atoms with Gasteiger partial charge in [0.05, 0.1) is 12.3 Å². The van der Waals surface area contributed by atoms with E-state index in [9.17, 15) is 4.79 Å². The highest BCUT2D eigenvalue weighted by Crippen LogP contribution is 2.17. The molecule has 0 aliphatic rings. The highest BCUT2D eigenvalue weighted by Gasteiger charge is 2.17. The number of aryl methyl sites for hydroxylation is 1. The topological polar surface area (TPSA) is 45.5 Å². The van der Waals surface area contributed by atoms with E-state index < -0.39 is 0 Å². The van der Waals surface area contributed by atoms with Crippen molar-refractivity contribution in [2.45, 2.75) is 13.0 Å². The van der Waals surface area contributed by atoms with Gasteiger partial charge in [-0.15, -0.1) is 0 Å². The van der Waals surface area contributed by atoms with Crippen molar-refractivity contribution in [3.8, 4) is 0 Å². The maximum Gasteiger partial charge on any atom is 0.287 e. The van der Waals surface area contributed by atoms with Crippen LogP contribution < -0.4 is 5.32 Å². The van der Waals surface area contributed by atoms with Crippen LogP contribution in [0.25, 0.3) is 0 Å². The standard InChI is InChI=1S/C16H20N2O2/c1-12-9-10-20-15(12)16(19)17-11-14(18(2)3)13-7-5-4-6-8-13/h4-10,14H,11H2,1-3H3,(H,17,19). The van der Waals surface area contributed by atoms with Crippen LogP contribution in [0.3, 0.4) is 0 Å². The van der Waals surface area contributed by atoms with Crippen molar-refractivity contribution in [3.63, 3.8) is 0 Å². The van der Waals surface area contributed by atoms with Gasteiger partial charge in [-0.05, 0) is 32.6 Å². The Hall–Kier alpha value is -2.07. The molecule has 0 saturated heterocycles. The molecule has 20 heavy (non-hydrogen) atoms. The number of likely N-dealkylation sites (N-methyl/N-ethyl adjacent to an activating group) is 1. The molecule has 1 unspecified atom stereocenters. The van der Waals surface area contributed by atoms with Crippen LogP contribution in [0, 0.1) is 6.92 Å². The minimum absolute atomic E-state index is 0.135. The molecule has 0 radical (unpaired) electrons. The molecule has 2 rings (SSSR count). The zero-order valence-corrected chi connectivity index (χ0v) is 12.1. The summed E-state index contributed by atoms with van der Waals surface area (Å²) in [5.41, 5.74) is 2.03. The van der Waals surface area contributed by atoms with Gasteiger partial charge in [0.25, 0.3) is 5.91 Å². The molecule has 4 nitrogen and oxygen atoms in total. The molecule has 0 fully saturated rings. The van der Waals surface area contributed by atoms with E-state index in [0.29, 0.717) is 12.3 Å². The molecule has 4 heteroatoms. The third kappa shape index (κ3) is 3.27. The van der Waals surface area contributed by atoms with Crippen LogP contribution in [0.2, 0.25) is 0 Å². The van der Waals surface area contributed by atoms with Crippen LogP contribution in [0.5, 0.6) is 0 Å². The van der Waals surface area contributed by atoms with E-state index in [1.807, 2.05) is 39.2 Å². The van der Waals surface area contributed by atoms with Crippen LogP contribution >= 0.6 is 0 Å². The van der Waals surface area contributed by atoms with E-state index in [0.717, 1.165) is 5.56 Å². The highest BCUT2D eigenvalue weighted by atomic mass is 16.3. The van der Waals surface area contributed by atoms with Crippen LogP contribution in [0.4, 0.5) is 0 Å². The molecule has 2 aromatic rings. The molecule has 1 heterocycles. The third-order valence-corrected chi connectivity index (χ3v) is 3.33. The quantitative estimate of drug-likeness (QED) is 0.910. The summed E-state index contributed by atoms with van der Waals surface area (Å²) in [5, 5.41) is 2.93. The fourth-order valence-electron chi connectivity index (χ4n) is 2.15. The molecule has 1 amide bonds. The summed E-state index contributed by atoms with van der Waals surface area (Å²) < 4.78 is 5.20. The van der Waals surface area contributed by atoms with Crippen LogP contribution in [0.15, 0.2) is 47.1 Å². The molecule has 1 atom stereocenters. The molecular weight excluding hydrogens is 252 g/mol. The van der Waals surface area contributed by atoms with E-state index in [1.165, 1.54) is 11.8 Å². The molecule has 0 saturated carbocycles. The van der Waals surface area contributed by atoms with Gasteiger partial charge in [-0.25, -0.2) is 0 Å². The lowest BCUT2D eigenvalue weighted by Crippen LogP contribution is -2.34. The van der Waals surface area contributed by atoms with E-state index in [2.05, 4.69) is 22.3 Å². The van der Waals surface area contributed by atoms with E-state index >= 15 is 0 Å². The second kappa shape index (κ2) is 6.39. The van der Waals surface area contributed by atoms with E-state index in [-0.39, 0.29) is 11.9 Å². The van der Waals surface area contributed by atoms with Crippen molar-refractivity contribution in [1.29, 1.82) is 0 Å². The number of furan rings is 1. The van der Waals surface area contributed by atoms with Crippen LogP contribution in [-0.4, -0.2) is 31.4 Å². The molecule has 0 bridgehead atoms. The van der Waals surface area contributed by atoms with E-state index in [1.54, 1.807) is 6.07 Å². The minimum atomic E-state index is -0.171. The lowest BCUT2D eigenvalue weighted by atomic mass is 10.1. The smallest absolute Gasteiger partial charge is 0.287 e. The Morgan fingerprint density at radius 3 is 2.50 bits per heavy atom. The van der Waals surface area contributed by atoms with Gasteiger partial charge in [-0.3, -0.25) is 4.79 Å². The average Bonchev–Trinajstić information content (AvgIpc) is 2.86. The monoisotopic (exact) mass is 272 g/mol. The van der Waals surface area contributed by atoms with Crippen molar-refractivity contribution in [1.82, 2.24) is 10.2 Å². The number of nitrogens with one attached hydrogen (secondary N) is 1. The predicted molar refractivity (Wildman–Crippen MR) is 78.6 cm³/mol. The first-order valence-electron chi connectivity index (χ1n) is 6.63. The van der Waals surface area contributed by atoms with Crippen molar-refractivity contribution in [2.24, 2.45) is 0 Å². The number of carbonyl (C=O) groups is 1. The summed E-state index contributed by atoms with van der Waals surface area (Å²) in [4.78, 5) is 14.1. The molecule has 1 N–H and O–H groups in total. The van der Waals surface area contributed by atoms with Crippen molar-refractivity contribution < 1.29 is 9.21 Å². The minimum Gasteiger partial charge on any atom is -0.459 e.